The van der Waals surface area contributed by atoms with Gasteiger partial charge in [-0.3, -0.25) is 5.10 Å². The van der Waals surface area contributed by atoms with Gasteiger partial charge >= 0.3 is 0 Å². The van der Waals surface area contributed by atoms with Crippen LogP contribution in [0.3, 0.4) is 0 Å². The normalized spacial score (nSPS) is 20.3. The SMILES string of the molecule is Cc1cc(S(=O)(=O)N2C[C@H](F)C[C@H]2CCO)ccc1-c1ccc2[nH]nc(N)c2c1C. The van der Waals surface area contributed by atoms with Crippen LogP contribution in [0.25, 0.3) is 22.0 Å². The predicted octanol–water partition coefficient (Wildman–Crippen LogP) is 2.91. The summed E-state index contributed by atoms with van der Waals surface area (Å²) in [6.45, 7) is 3.45. The number of aromatic amines is 1. The third kappa shape index (κ3) is 3.36. The molecule has 4 rings (SSSR count). The maximum atomic E-state index is 13.9. The van der Waals surface area contributed by atoms with Crippen molar-refractivity contribution < 1.29 is 17.9 Å². The lowest BCUT2D eigenvalue weighted by Gasteiger charge is -2.23. The highest BCUT2D eigenvalue weighted by molar-refractivity contribution is 7.89. The van der Waals surface area contributed by atoms with E-state index in [9.17, 15) is 17.9 Å². The van der Waals surface area contributed by atoms with E-state index < -0.39 is 22.2 Å². The van der Waals surface area contributed by atoms with Gasteiger partial charge in [0.15, 0.2) is 5.82 Å². The number of nitrogens with two attached hydrogens (primary N) is 1. The number of alkyl halides is 1. The predicted molar refractivity (Wildman–Crippen MR) is 114 cm³/mol. The number of benzene rings is 2. The fourth-order valence-electron chi connectivity index (χ4n) is 4.37. The minimum absolute atomic E-state index is 0.113. The van der Waals surface area contributed by atoms with Crippen LogP contribution in [0.1, 0.15) is 24.0 Å². The molecule has 3 aromatic rings. The van der Waals surface area contributed by atoms with E-state index in [0.717, 1.165) is 33.2 Å². The van der Waals surface area contributed by atoms with Crippen LogP contribution in [-0.2, 0) is 10.0 Å². The van der Waals surface area contributed by atoms with Crippen molar-refractivity contribution in [3.05, 3.63) is 41.5 Å². The lowest BCUT2D eigenvalue weighted by molar-refractivity contribution is 0.246. The first kappa shape index (κ1) is 20.8. The van der Waals surface area contributed by atoms with Gasteiger partial charge < -0.3 is 10.8 Å². The van der Waals surface area contributed by atoms with Gasteiger partial charge in [0.05, 0.1) is 10.4 Å². The number of aryl methyl sites for hydroxylation is 2. The zero-order valence-electron chi connectivity index (χ0n) is 16.9. The van der Waals surface area contributed by atoms with Crippen LogP contribution in [0.15, 0.2) is 35.2 Å². The zero-order valence-corrected chi connectivity index (χ0v) is 17.7. The fraction of sp³-hybridized carbons (Fsp3) is 0.381. The van der Waals surface area contributed by atoms with Crippen molar-refractivity contribution in [3.8, 4) is 11.1 Å². The summed E-state index contributed by atoms with van der Waals surface area (Å²) in [6, 6.07) is 8.28. The molecule has 30 heavy (non-hydrogen) atoms. The summed E-state index contributed by atoms with van der Waals surface area (Å²) >= 11 is 0. The van der Waals surface area contributed by atoms with E-state index in [-0.39, 0.29) is 30.9 Å². The number of hydrogen-bond donors (Lipinski definition) is 3. The van der Waals surface area contributed by atoms with Crippen molar-refractivity contribution in [3.63, 3.8) is 0 Å². The van der Waals surface area contributed by atoms with E-state index in [2.05, 4.69) is 10.2 Å². The second-order valence-corrected chi connectivity index (χ2v) is 9.71. The summed E-state index contributed by atoms with van der Waals surface area (Å²) in [6.07, 6.45) is -0.879. The molecular formula is C21H25FN4O3S. The quantitative estimate of drug-likeness (QED) is 0.574. The number of aliphatic hydroxyl groups is 1. The van der Waals surface area contributed by atoms with Crippen LogP contribution in [-0.4, -0.2) is 53.4 Å². The van der Waals surface area contributed by atoms with E-state index >= 15 is 0 Å². The molecule has 0 saturated carbocycles. The van der Waals surface area contributed by atoms with Crippen molar-refractivity contribution in [2.45, 2.75) is 43.8 Å². The second kappa shape index (κ2) is 7.64. The third-order valence-corrected chi connectivity index (χ3v) is 7.80. The van der Waals surface area contributed by atoms with Crippen molar-refractivity contribution in [1.82, 2.24) is 14.5 Å². The fourth-order valence-corrected chi connectivity index (χ4v) is 6.15. The number of halogens is 1. The Hall–Kier alpha value is -2.49. The van der Waals surface area contributed by atoms with Gasteiger partial charge in [-0.1, -0.05) is 12.1 Å². The lowest BCUT2D eigenvalue weighted by Crippen LogP contribution is -2.36. The molecule has 0 amide bonds. The summed E-state index contributed by atoms with van der Waals surface area (Å²) in [5.74, 6) is 0.422. The molecular weight excluding hydrogens is 407 g/mol. The summed E-state index contributed by atoms with van der Waals surface area (Å²) in [5, 5.41) is 17.0. The summed E-state index contributed by atoms with van der Waals surface area (Å²) in [7, 11) is -3.86. The molecule has 2 aromatic carbocycles. The highest BCUT2D eigenvalue weighted by atomic mass is 32.2. The minimum atomic E-state index is -3.86. The van der Waals surface area contributed by atoms with Gasteiger partial charge in [0.1, 0.15) is 6.17 Å². The molecule has 1 fully saturated rings. The van der Waals surface area contributed by atoms with Crippen molar-refractivity contribution in [2.24, 2.45) is 0 Å². The number of H-pyrrole nitrogens is 1. The highest BCUT2D eigenvalue weighted by Crippen LogP contribution is 2.35. The average molecular weight is 433 g/mol. The van der Waals surface area contributed by atoms with Gasteiger partial charge in [-0.15, -0.1) is 0 Å². The van der Waals surface area contributed by atoms with E-state index in [1.54, 1.807) is 18.2 Å². The summed E-state index contributed by atoms with van der Waals surface area (Å²) in [4.78, 5) is 0.127. The van der Waals surface area contributed by atoms with E-state index in [1.165, 1.54) is 4.31 Å². The van der Waals surface area contributed by atoms with Crippen LogP contribution >= 0.6 is 0 Å². The molecule has 1 aromatic heterocycles. The zero-order chi connectivity index (χ0) is 21.6. The Morgan fingerprint density at radius 1 is 1.27 bits per heavy atom. The van der Waals surface area contributed by atoms with Gasteiger partial charge in [0, 0.05) is 24.6 Å². The Balaban J connectivity index is 1.74. The maximum absolute atomic E-state index is 13.9. The summed E-state index contributed by atoms with van der Waals surface area (Å²) in [5.41, 5.74) is 10.4. The van der Waals surface area contributed by atoms with Crippen molar-refractivity contribution in [1.29, 1.82) is 0 Å². The number of nitrogen functional groups attached to an aromatic ring is 1. The van der Waals surface area contributed by atoms with Gasteiger partial charge in [-0.05, 0) is 67.1 Å². The van der Waals surface area contributed by atoms with Crippen LogP contribution in [0, 0.1) is 13.8 Å². The van der Waals surface area contributed by atoms with Gasteiger partial charge in [-0.25, -0.2) is 12.8 Å². The molecule has 0 radical (unpaired) electrons. The van der Waals surface area contributed by atoms with Gasteiger partial charge in [0.25, 0.3) is 0 Å². The number of hydrogen-bond acceptors (Lipinski definition) is 5. The standard InChI is InChI=1S/C21H25FN4O3S/c1-12-9-16(30(28,29)26-11-14(22)10-15(26)7-8-27)3-4-17(12)18-5-6-19-20(13(18)2)21(23)25-24-19/h3-6,9,14-15,27H,7-8,10-11H2,1-2H3,(H3,23,24,25)/t14-,15-/m1/s1. The third-order valence-electron chi connectivity index (χ3n) is 5.89. The first-order valence-electron chi connectivity index (χ1n) is 9.85. The number of rotatable bonds is 5. The van der Waals surface area contributed by atoms with Crippen LogP contribution in [0.2, 0.25) is 0 Å². The molecule has 0 spiro atoms. The number of fused-ring (bicyclic) bond motifs is 1. The molecule has 4 N–H and O–H groups in total. The van der Waals surface area contributed by atoms with E-state index in [4.69, 9.17) is 5.73 Å². The van der Waals surface area contributed by atoms with Crippen LogP contribution in [0.5, 0.6) is 0 Å². The van der Waals surface area contributed by atoms with Gasteiger partial charge in [-0.2, -0.15) is 9.40 Å². The molecule has 2 heterocycles. The second-order valence-electron chi connectivity index (χ2n) is 7.82. The molecule has 9 heteroatoms. The Bertz CT molecular complexity index is 1210. The number of aromatic nitrogens is 2. The smallest absolute Gasteiger partial charge is 0.243 e. The molecule has 1 aliphatic rings. The molecule has 160 valence electrons. The monoisotopic (exact) mass is 432 g/mol. The number of nitrogens with one attached hydrogen (secondary N) is 1. The largest absolute Gasteiger partial charge is 0.396 e. The molecule has 1 aliphatic heterocycles. The van der Waals surface area contributed by atoms with E-state index in [1.807, 2.05) is 26.0 Å². The Labute approximate surface area is 174 Å². The molecule has 2 atom stereocenters. The first-order valence-corrected chi connectivity index (χ1v) is 11.3. The molecule has 7 nitrogen and oxygen atoms in total. The Morgan fingerprint density at radius 3 is 2.70 bits per heavy atom. The first-order chi connectivity index (χ1) is 14.2. The van der Waals surface area contributed by atoms with E-state index in [0.29, 0.717) is 5.82 Å². The topological polar surface area (TPSA) is 112 Å². The van der Waals surface area contributed by atoms with Crippen LogP contribution < -0.4 is 5.73 Å². The van der Waals surface area contributed by atoms with Crippen molar-refractivity contribution in [2.75, 3.05) is 18.9 Å². The molecule has 0 bridgehead atoms. The Kier molecular flexibility index (Phi) is 5.29. The number of sulfonamides is 1. The van der Waals surface area contributed by atoms with Crippen LogP contribution in [0.4, 0.5) is 10.2 Å². The van der Waals surface area contributed by atoms with Gasteiger partial charge in [0.2, 0.25) is 10.0 Å². The lowest BCUT2D eigenvalue weighted by atomic mass is 9.94. The highest BCUT2D eigenvalue weighted by Gasteiger charge is 2.40. The number of nitrogens with zero attached hydrogens (tertiary/aromatic N) is 2. The maximum Gasteiger partial charge on any atom is 0.243 e. The number of aliphatic hydroxyl groups excluding tert-OH is 1. The number of anilines is 1. The van der Waals surface area contributed by atoms with Crippen molar-refractivity contribution >= 4 is 26.7 Å². The summed E-state index contributed by atoms with van der Waals surface area (Å²) < 4.78 is 41.4. The minimum Gasteiger partial charge on any atom is -0.396 e. The molecule has 0 unspecified atom stereocenters. The average Bonchev–Trinajstić information content (AvgIpc) is 3.26. The molecule has 1 saturated heterocycles. The molecule has 0 aliphatic carbocycles. The Morgan fingerprint density at radius 2 is 2.00 bits per heavy atom.